The molecule has 4 N–H and O–H groups in total. The average Bonchev–Trinajstić information content (AvgIpc) is 2.03. The van der Waals surface area contributed by atoms with Crippen LogP contribution in [0.4, 0.5) is 13.2 Å². The molecule has 0 amide bonds. The monoisotopic (exact) mass is 184 g/mol. The normalized spacial score (nSPS) is 16.5. The molecule has 0 aromatic rings. The summed E-state index contributed by atoms with van der Waals surface area (Å²) in [5.41, 5.74) is 10.3. The molecule has 2 atom stereocenters. The second kappa shape index (κ2) is 6.25. The van der Waals surface area contributed by atoms with Crippen LogP contribution in [0.3, 0.4) is 0 Å². The highest BCUT2D eigenvalue weighted by Crippen LogP contribution is 2.07. The highest BCUT2D eigenvalue weighted by Gasteiger charge is 2.14. The first-order valence-corrected chi connectivity index (χ1v) is 3.93. The van der Waals surface area contributed by atoms with Crippen LogP contribution in [0.5, 0.6) is 0 Å². The van der Waals surface area contributed by atoms with E-state index in [4.69, 9.17) is 11.5 Å². The van der Waals surface area contributed by atoms with Crippen molar-refractivity contribution >= 4 is 0 Å². The fraction of sp³-hybridized carbons (Fsp3) is 1.00. The molecule has 0 aliphatic rings. The zero-order chi connectivity index (χ0) is 9.56. The van der Waals surface area contributed by atoms with Gasteiger partial charge in [0.25, 0.3) is 6.43 Å². The van der Waals surface area contributed by atoms with E-state index in [1.54, 1.807) is 0 Å². The molecule has 0 radical (unpaired) electrons. The minimum absolute atomic E-state index is 0.200. The summed E-state index contributed by atoms with van der Waals surface area (Å²) in [7, 11) is 0. The molecule has 12 heavy (non-hydrogen) atoms. The predicted octanol–water partition coefficient (Wildman–Crippen LogP) is 1.05. The van der Waals surface area contributed by atoms with Gasteiger partial charge < -0.3 is 11.5 Å². The Kier molecular flexibility index (Phi) is 6.10. The van der Waals surface area contributed by atoms with Crippen molar-refractivity contribution in [1.82, 2.24) is 0 Å². The first kappa shape index (κ1) is 11.7. The molecule has 0 spiro atoms. The van der Waals surface area contributed by atoms with Crippen molar-refractivity contribution in [3.8, 4) is 0 Å². The van der Waals surface area contributed by atoms with Gasteiger partial charge in [-0.25, -0.2) is 13.2 Å². The lowest BCUT2D eigenvalue weighted by Gasteiger charge is -2.11. The van der Waals surface area contributed by atoms with Crippen LogP contribution in [-0.2, 0) is 0 Å². The minimum Gasteiger partial charge on any atom is -0.325 e. The number of hydrogen-bond acceptors (Lipinski definition) is 2. The maximum atomic E-state index is 11.8. The number of halogens is 3. The van der Waals surface area contributed by atoms with Crippen molar-refractivity contribution in [2.45, 2.75) is 37.8 Å². The van der Waals surface area contributed by atoms with Gasteiger partial charge in [-0.3, -0.25) is 0 Å². The Hall–Kier alpha value is -0.290. The van der Waals surface area contributed by atoms with Crippen molar-refractivity contribution < 1.29 is 13.2 Å². The molecule has 0 saturated carbocycles. The van der Waals surface area contributed by atoms with Crippen LogP contribution >= 0.6 is 0 Å². The molecule has 0 aliphatic carbocycles. The summed E-state index contributed by atoms with van der Waals surface area (Å²) in [4.78, 5) is 0. The second-order valence-corrected chi connectivity index (χ2v) is 2.84. The number of nitrogens with two attached hydrogens (primary N) is 2. The maximum absolute atomic E-state index is 11.8. The van der Waals surface area contributed by atoms with Crippen LogP contribution in [0, 0.1) is 0 Å². The Morgan fingerprint density at radius 3 is 2.08 bits per heavy atom. The predicted molar refractivity (Wildman–Crippen MR) is 41.8 cm³/mol. The largest absolute Gasteiger partial charge is 0.325 e. The van der Waals surface area contributed by atoms with Gasteiger partial charge in [0, 0.05) is 6.04 Å². The van der Waals surface area contributed by atoms with E-state index in [1.807, 2.05) is 0 Å². The Morgan fingerprint density at radius 1 is 1.08 bits per heavy atom. The lowest BCUT2D eigenvalue weighted by Crippen LogP contribution is -2.29. The van der Waals surface area contributed by atoms with E-state index >= 15 is 0 Å². The smallest absolute Gasteiger partial charge is 0.253 e. The summed E-state index contributed by atoms with van der Waals surface area (Å²) < 4.78 is 35.4. The fourth-order valence-corrected chi connectivity index (χ4v) is 0.819. The number of alkyl halides is 3. The van der Waals surface area contributed by atoms with Crippen LogP contribution in [0.15, 0.2) is 0 Å². The van der Waals surface area contributed by atoms with Crippen molar-refractivity contribution in [3.05, 3.63) is 0 Å². The molecular formula is C7H15F3N2. The van der Waals surface area contributed by atoms with Gasteiger partial charge in [0.15, 0.2) is 0 Å². The van der Waals surface area contributed by atoms with Gasteiger partial charge in [0.1, 0.15) is 6.67 Å². The molecule has 5 heteroatoms. The first-order chi connectivity index (χ1) is 5.57. The molecule has 0 bridgehead atoms. The summed E-state index contributed by atoms with van der Waals surface area (Å²) in [5.74, 6) is 0. The van der Waals surface area contributed by atoms with Gasteiger partial charge in [-0.1, -0.05) is 6.42 Å². The van der Waals surface area contributed by atoms with Gasteiger partial charge in [-0.15, -0.1) is 0 Å². The first-order valence-electron chi connectivity index (χ1n) is 3.93. The van der Waals surface area contributed by atoms with Crippen LogP contribution in [0.1, 0.15) is 19.3 Å². The summed E-state index contributed by atoms with van der Waals surface area (Å²) in [6.07, 6.45) is -1.43. The summed E-state index contributed by atoms with van der Waals surface area (Å²) >= 11 is 0. The number of hydrogen-bond donors (Lipinski definition) is 2. The van der Waals surface area contributed by atoms with Gasteiger partial charge in [0.2, 0.25) is 0 Å². The third-order valence-corrected chi connectivity index (χ3v) is 1.63. The molecular weight excluding hydrogens is 169 g/mol. The number of rotatable bonds is 6. The topological polar surface area (TPSA) is 52.0 Å². The third kappa shape index (κ3) is 5.37. The molecule has 2 nitrogen and oxygen atoms in total. The molecule has 0 rings (SSSR count). The molecule has 0 aromatic heterocycles. The van der Waals surface area contributed by atoms with E-state index < -0.39 is 25.2 Å². The Bertz CT molecular complexity index is 111. The molecule has 0 fully saturated rings. The van der Waals surface area contributed by atoms with Crippen LogP contribution in [-0.4, -0.2) is 25.2 Å². The van der Waals surface area contributed by atoms with E-state index in [0.717, 1.165) is 0 Å². The van der Waals surface area contributed by atoms with Crippen molar-refractivity contribution in [3.63, 3.8) is 0 Å². The Labute approximate surface area is 70.1 Å². The van der Waals surface area contributed by atoms with E-state index in [-0.39, 0.29) is 6.42 Å². The molecule has 0 aliphatic heterocycles. The Morgan fingerprint density at radius 2 is 1.67 bits per heavy atom. The van der Waals surface area contributed by atoms with E-state index in [1.165, 1.54) is 0 Å². The molecule has 0 saturated heterocycles. The van der Waals surface area contributed by atoms with E-state index in [0.29, 0.717) is 12.8 Å². The van der Waals surface area contributed by atoms with E-state index in [9.17, 15) is 13.2 Å². The van der Waals surface area contributed by atoms with Crippen molar-refractivity contribution in [2.24, 2.45) is 11.5 Å². The fourth-order valence-electron chi connectivity index (χ4n) is 0.819. The van der Waals surface area contributed by atoms with Crippen LogP contribution in [0.2, 0.25) is 0 Å². The third-order valence-electron chi connectivity index (χ3n) is 1.63. The zero-order valence-electron chi connectivity index (χ0n) is 6.85. The molecule has 2 unspecified atom stereocenters. The lowest BCUT2D eigenvalue weighted by molar-refractivity contribution is 0.110. The maximum Gasteiger partial charge on any atom is 0.253 e. The lowest BCUT2D eigenvalue weighted by atomic mass is 10.1. The molecule has 0 heterocycles. The summed E-state index contributed by atoms with van der Waals surface area (Å²) in [6, 6.07) is -1.63. The highest BCUT2D eigenvalue weighted by atomic mass is 19.3. The zero-order valence-corrected chi connectivity index (χ0v) is 6.85. The highest BCUT2D eigenvalue weighted by molar-refractivity contribution is 4.66. The summed E-state index contributed by atoms with van der Waals surface area (Å²) in [5, 5.41) is 0. The van der Waals surface area contributed by atoms with Gasteiger partial charge >= 0.3 is 0 Å². The standard InChI is InChI=1S/C7H15F3N2/c8-4-5(11)2-1-3-6(12)7(9)10/h5-7H,1-4,11-12H2. The minimum atomic E-state index is -2.49. The van der Waals surface area contributed by atoms with Crippen LogP contribution in [0.25, 0.3) is 0 Å². The molecule has 0 aromatic carbocycles. The average molecular weight is 184 g/mol. The molecule has 74 valence electrons. The van der Waals surface area contributed by atoms with Gasteiger partial charge in [0.05, 0.1) is 6.04 Å². The quantitative estimate of drug-likeness (QED) is 0.648. The Balaban J connectivity index is 3.30. The van der Waals surface area contributed by atoms with Gasteiger partial charge in [-0.2, -0.15) is 0 Å². The van der Waals surface area contributed by atoms with Crippen molar-refractivity contribution in [1.29, 1.82) is 0 Å². The van der Waals surface area contributed by atoms with Crippen LogP contribution < -0.4 is 11.5 Å². The van der Waals surface area contributed by atoms with Gasteiger partial charge in [-0.05, 0) is 12.8 Å². The van der Waals surface area contributed by atoms with E-state index in [2.05, 4.69) is 0 Å². The second-order valence-electron chi connectivity index (χ2n) is 2.84. The van der Waals surface area contributed by atoms with Crippen molar-refractivity contribution in [2.75, 3.05) is 6.67 Å². The SMILES string of the molecule is NC(CF)CCCC(N)C(F)F. The summed E-state index contributed by atoms with van der Waals surface area (Å²) in [6.45, 7) is -0.607.